The second kappa shape index (κ2) is 7.89. The summed E-state index contributed by atoms with van der Waals surface area (Å²) in [5.74, 6) is 0. The number of hydrogen-bond acceptors (Lipinski definition) is 5. The zero-order valence-corrected chi connectivity index (χ0v) is 14.4. The summed E-state index contributed by atoms with van der Waals surface area (Å²) < 4.78 is 33.2. The van der Waals surface area contributed by atoms with Gasteiger partial charge in [0.2, 0.25) is 10.0 Å². The second-order valence-corrected chi connectivity index (χ2v) is 8.74. The quantitative estimate of drug-likeness (QED) is 0.738. The van der Waals surface area contributed by atoms with Crippen LogP contribution < -0.4 is 10.0 Å². The van der Waals surface area contributed by atoms with Gasteiger partial charge in [0.25, 0.3) is 0 Å². The average molecular weight is 353 g/mol. The first kappa shape index (κ1) is 17.2. The fraction of sp³-hybridized carbons (Fsp3) is 0.692. The van der Waals surface area contributed by atoms with Crippen LogP contribution in [0.15, 0.2) is 10.3 Å². The molecule has 2 heterocycles. The van der Waals surface area contributed by atoms with Gasteiger partial charge in [-0.15, -0.1) is 11.3 Å². The summed E-state index contributed by atoms with van der Waals surface area (Å²) in [6.07, 6.45) is 3.03. The molecule has 0 saturated carbocycles. The van der Waals surface area contributed by atoms with E-state index in [4.69, 9.17) is 16.3 Å². The smallest absolute Gasteiger partial charge is 0.250 e. The van der Waals surface area contributed by atoms with E-state index >= 15 is 0 Å². The van der Waals surface area contributed by atoms with Crippen LogP contribution in [0.2, 0.25) is 4.34 Å². The summed E-state index contributed by atoms with van der Waals surface area (Å²) >= 11 is 6.99. The van der Waals surface area contributed by atoms with E-state index in [1.54, 1.807) is 13.0 Å². The number of aryl methyl sites for hydroxylation is 1. The highest BCUT2D eigenvalue weighted by atomic mass is 35.5. The van der Waals surface area contributed by atoms with Crippen LogP contribution in [0.1, 0.15) is 24.8 Å². The van der Waals surface area contributed by atoms with Crippen LogP contribution in [-0.2, 0) is 14.8 Å². The minimum atomic E-state index is -3.45. The SMILES string of the molecule is Cc1cc(S(=O)(=O)NCCCOC2CCNCC2)sc1Cl. The number of sulfonamides is 1. The number of halogens is 1. The number of nitrogens with one attached hydrogen (secondary N) is 2. The molecule has 0 spiro atoms. The maximum absolute atomic E-state index is 12.1. The summed E-state index contributed by atoms with van der Waals surface area (Å²) in [5, 5.41) is 3.28. The zero-order chi connectivity index (χ0) is 15.3. The highest BCUT2D eigenvalue weighted by Gasteiger charge is 2.18. The Morgan fingerprint density at radius 3 is 2.81 bits per heavy atom. The molecule has 0 atom stereocenters. The van der Waals surface area contributed by atoms with Gasteiger partial charge in [0.05, 0.1) is 10.4 Å². The van der Waals surface area contributed by atoms with Crippen LogP contribution >= 0.6 is 22.9 Å². The van der Waals surface area contributed by atoms with E-state index in [-0.39, 0.29) is 4.21 Å². The molecule has 21 heavy (non-hydrogen) atoms. The van der Waals surface area contributed by atoms with E-state index in [9.17, 15) is 8.42 Å². The molecule has 1 aliphatic heterocycles. The Hall–Kier alpha value is -0.180. The van der Waals surface area contributed by atoms with Crippen LogP contribution in [0.3, 0.4) is 0 Å². The summed E-state index contributed by atoms with van der Waals surface area (Å²) in [6, 6.07) is 1.60. The van der Waals surface area contributed by atoms with Crippen molar-refractivity contribution in [2.75, 3.05) is 26.2 Å². The number of piperidine rings is 1. The first-order chi connectivity index (χ1) is 9.99. The third-order valence-electron chi connectivity index (χ3n) is 3.35. The van der Waals surface area contributed by atoms with Crippen molar-refractivity contribution >= 4 is 33.0 Å². The molecule has 0 aliphatic carbocycles. The van der Waals surface area contributed by atoms with Crippen LogP contribution in [0.5, 0.6) is 0 Å². The van der Waals surface area contributed by atoms with Gasteiger partial charge in [0, 0.05) is 13.2 Å². The van der Waals surface area contributed by atoms with E-state index in [0.717, 1.165) is 42.8 Å². The Balaban J connectivity index is 1.70. The van der Waals surface area contributed by atoms with Crippen molar-refractivity contribution in [1.29, 1.82) is 0 Å². The van der Waals surface area contributed by atoms with Gasteiger partial charge >= 0.3 is 0 Å². The van der Waals surface area contributed by atoms with Crippen molar-refractivity contribution in [1.82, 2.24) is 10.0 Å². The van der Waals surface area contributed by atoms with Crippen molar-refractivity contribution in [2.24, 2.45) is 0 Å². The molecule has 5 nitrogen and oxygen atoms in total. The molecule has 1 saturated heterocycles. The lowest BCUT2D eigenvalue weighted by Crippen LogP contribution is -2.33. The lowest BCUT2D eigenvalue weighted by Gasteiger charge is -2.22. The average Bonchev–Trinajstić information content (AvgIpc) is 2.80. The molecule has 2 N–H and O–H groups in total. The van der Waals surface area contributed by atoms with Crippen LogP contribution in [0, 0.1) is 6.92 Å². The van der Waals surface area contributed by atoms with Gasteiger partial charge in [0.1, 0.15) is 4.21 Å². The maximum Gasteiger partial charge on any atom is 0.250 e. The van der Waals surface area contributed by atoms with Gasteiger partial charge in [-0.1, -0.05) is 11.6 Å². The summed E-state index contributed by atoms with van der Waals surface area (Å²) in [4.78, 5) is 0. The Kier molecular flexibility index (Phi) is 6.46. The van der Waals surface area contributed by atoms with Gasteiger partial charge < -0.3 is 10.1 Å². The van der Waals surface area contributed by atoms with Gasteiger partial charge in [-0.2, -0.15) is 0 Å². The molecule has 0 amide bonds. The van der Waals surface area contributed by atoms with Crippen LogP contribution in [0.25, 0.3) is 0 Å². The van der Waals surface area contributed by atoms with E-state index in [2.05, 4.69) is 10.0 Å². The van der Waals surface area contributed by atoms with Crippen molar-refractivity contribution in [3.63, 3.8) is 0 Å². The van der Waals surface area contributed by atoms with Gasteiger partial charge in [0.15, 0.2) is 0 Å². The fourth-order valence-corrected chi connectivity index (χ4v) is 4.95. The third-order valence-corrected chi connectivity index (χ3v) is 6.84. The fourth-order valence-electron chi connectivity index (χ4n) is 2.13. The first-order valence-corrected chi connectivity index (χ1v) is 9.75. The van der Waals surface area contributed by atoms with E-state index in [1.807, 2.05) is 0 Å². The minimum absolute atomic E-state index is 0.268. The number of ether oxygens (including phenoxy) is 1. The molecule has 1 fully saturated rings. The molecule has 120 valence electrons. The molecule has 8 heteroatoms. The predicted octanol–water partition coefficient (Wildman–Crippen LogP) is 2.15. The monoisotopic (exact) mass is 352 g/mol. The molecule has 0 radical (unpaired) electrons. The Morgan fingerprint density at radius 2 is 2.19 bits per heavy atom. The normalized spacial score (nSPS) is 17.2. The molecule has 1 aromatic rings. The van der Waals surface area contributed by atoms with Crippen LogP contribution in [-0.4, -0.2) is 40.8 Å². The van der Waals surface area contributed by atoms with Gasteiger partial charge in [-0.3, -0.25) is 0 Å². The Labute approximate surface area is 135 Å². The summed E-state index contributed by atoms with van der Waals surface area (Å²) in [5.41, 5.74) is 0.788. The predicted molar refractivity (Wildman–Crippen MR) is 85.7 cm³/mol. The maximum atomic E-state index is 12.1. The van der Waals surface area contributed by atoms with Crippen molar-refractivity contribution in [3.05, 3.63) is 16.0 Å². The highest BCUT2D eigenvalue weighted by molar-refractivity contribution is 7.91. The number of hydrogen-bond donors (Lipinski definition) is 2. The van der Waals surface area contributed by atoms with E-state index in [0.29, 0.717) is 30.0 Å². The van der Waals surface area contributed by atoms with Gasteiger partial charge in [-0.05, 0) is 50.9 Å². The summed E-state index contributed by atoms with van der Waals surface area (Å²) in [7, 11) is -3.45. The zero-order valence-electron chi connectivity index (χ0n) is 12.0. The van der Waals surface area contributed by atoms with E-state index in [1.165, 1.54) is 0 Å². The largest absolute Gasteiger partial charge is 0.378 e. The Morgan fingerprint density at radius 1 is 1.48 bits per heavy atom. The molecular formula is C13H21ClN2O3S2. The molecule has 0 bridgehead atoms. The number of thiophene rings is 1. The van der Waals surface area contributed by atoms with E-state index < -0.39 is 10.0 Å². The molecule has 2 rings (SSSR count). The Bertz CT molecular complexity index is 534. The van der Waals surface area contributed by atoms with Crippen molar-refractivity contribution in [2.45, 2.75) is 36.5 Å². The second-order valence-electron chi connectivity index (χ2n) is 5.09. The number of rotatable bonds is 7. The lowest BCUT2D eigenvalue weighted by atomic mass is 10.1. The third kappa shape index (κ3) is 5.19. The first-order valence-electron chi connectivity index (χ1n) is 7.07. The van der Waals surface area contributed by atoms with Crippen LogP contribution in [0.4, 0.5) is 0 Å². The molecule has 0 unspecified atom stereocenters. The van der Waals surface area contributed by atoms with Gasteiger partial charge in [-0.25, -0.2) is 13.1 Å². The molecular weight excluding hydrogens is 332 g/mol. The molecule has 1 aliphatic rings. The lowest BCUT2D eigenvalue weighted by molar-refractivity contribution is 0.0322. The topological polar surface area (TPSA) is 67.4 Å². The molecule has 0 aromatic carbocycles. The standard InChI is InChI=1S/C13H21ClN2O3S2/c1-10-9-12(20-13(10)14)21(17,18)16-5-2-8-19-11-3-6-15-7-4-11/h9,11,15-16H,2-8H2,1H3. The minimum Gasteiger partial charge on any atom is -0.378 e. The molecule has 1 aromatic heterocycles. The highest BCUT2D eigenvalue weighted by Crippen LogP contribution is 2.29. The van der Waals surface area contributed by atoms with Crippen molar-refractivity contribution < 1.29 is 13.2 Å². The summed E-state index contributed by atoms with van der Waals surface area (Å²) in [6.45, 7) is 4.75. The van der Waals surface area contributed by atoms with Crippen molar-refractivity contribution in [3.8, 4) is 0 Å².